The highest BCUT2D eigenvalue weighted by atomic mass is 32.1. The standard InChI is InChI=1S/C18H20N2O3S/c1-3-22-15-10-6-14(7-11-15)19-18(24)20-17(21)12-23-16-8-4-13(2)5-9-16/h4-11H,3,12H2,1-2H3,(H2,19,20,21,24). The van der Waals surface area contributed by atoms with E-state index in [4.69, 9.17) is 21.7 Å². The molecule has 126 valence electrons. The van der Waals surface area contributed by atoms with Crippen LogP contribution >= 0.6 is 12.2 Å². The summed E-state index contributed by atoms with van der Waals surface area (Å²) in [4.78, 5) is 11.8. The number of carbonyl (C=O) groups excluding carboxylic acids is 1. The molecular formula is C18H20N2O3S. The van der Waals surface area contributed by atoms with E-state index in [9.17, 15) is 4.79 Å². The van der Waals surface area contributed by atoms with Crippen LogP contribution in [0, 0.1) is 6.92 Å². The Morgan fingerprint density at radius 2 is 1.58 bits per heavy atom. The van der Waals surface area contributed by atoms with Gasteiger partial charge in [-0.15, -0.1) is 0 Å². The van der Waals surface area contributed by atoms with Gasteiger partial charge in [-0.05, 0) is 62.5 Å². The average molecular weight is 344 g/mol. The van der Waals surface area contributed by atoms with Gasteiger partial charge in [0.05, 0.1) is 6.61 Å². The third-order valence-electron chi connectivity index (χ3n) is 3.07. The molecule has 24 heavy (non-hydrogen) atoms. The number of benzene rings is 2. The lowest BCUT2D eigenvalue weighted by Gasteiger charge is -2.11. The van der Waals surface area contributed by atoms with Gasteiger partial charge >= 0.3 is 0 Å². The lowest BCUT2D eigenvalue weighted by Crippen LogP contribution is -2.37. The number of hydrogen-bond acceptors (Lipinski definition) is 4. The van der Waals surface area contributed by atoms with E-state index in [1.165, 1.54) is 0 Å². The third kappa shape index (κ3) is 5.89. The maximum absolute atomic E-state index is 11.8. The van der Waals surface area contributed by atoms with Gasteiger partial charge in [0.2, 0.25) is 0 Å². The minimum Gasteiger partial charge on any atom is -0.494 e. The highest BCUT2D eigenvalue weighted by Crippen LogP contribution is 2.15. The van der Waals surface area contributed by atoms with Crippen molar-refractivity contribution in [3.8, 4) is 11.5 Å². The second-order valence-electron chi connectivity index (χ2n) is 5.06. The summed E-state index contributed by atoms with van der Waals surface area (Å²) in [6, 6.07) is 14.8. The van der Waals surface area contributed by atoms with E-state index < -0.39 is 0 Å². The molecule has 0 unspecified atom stereocenters. The molecule has 0 aliphatic heterocycles. The number of amides is 1. The topological polar surface area (TPSA) is 59.6 Å². The van der Waals surface area contributed by atoms with E-state index in [-0.39, 0.29) is 17.6 Å². The zero-order valence-corrected chi connectivity index (χ0v) is 14.5. The van der Waals surface area contributed by atoms with Crippen LogP contribution in [0.2, 0.25) is 0 Å². The van der Waals surface area contributed by atoms with E-state index >= 15 is 0 Å². The first-order chi connectivity index (χ1) is 11.6. The summed E-state index contributed by atoms with van der Waals surface area (Å²) in [7, 11) is 0. The predicted octanol–water partition coefficient (Wildman–Crippen LogP) is 3.29. The number of thiocarbonyl (C=S) groups is 1. The van der Waals surface area contributed by atoms with Crippen molar-refractivity contribution >= 4 is 28.9 Å². The van der Waals surface area contributed by atoms with Crippen molar-refractivity contribution in [1.82, 2.24) is 5.32 Å². The van der Waals surface area contributed by atoms with E-state index in [1.54, 1.807) is 0 Å². The van der Waals surface area contributed by atoms with Crippen LogP contribution in [0.1, 0.15) is 12.5 Å². The molecule has 2 N–H and O–H groups in total. The average Bonchev–Trinajstić information content (AvgIpc) is 2.56. The monoisotopic (exact) mass is 344 g/mol. The zero-order valence-electron chi connectivity index (χ0n) is 13.7. The van der Waals surface area contributed by atoms with Crippen molar-refractivity contribution in [2.24, 2.45) is 0 Å². The molecule has 2 aromatic carbocycles. The van der Waals surface area contributed by atoms with E-state index in [0.717, 1.165) is 17.0 Å². The molecule has 0 saturated heterocycles. The molecule has 1 amide bonds. The summed E-state index contributed by atoms with van der Waals surface area (Å²) >= 11 is 5.11. The van der Waals surface area contributed by atoms with Crippen LogP contribution in [0.5, 0.6) is 11.5 Å². The van der Waals surface area contributed by atoms with Crippen LogP contribution in [0.15, 0.2) is 48.5 Å². The number of carbonyl (C=O) groups is 1. The Morgan fingerprint density at radius 1 is 1.00 bits per heavy atom. The van der Waals surface area contributed by atoms with Crippen LogP contribution in [-0.4, -0.2) is 24.2 Å². The zero-order chi connectivity index (χ0) is 17.4. The molecule has 6 heteroatoms. The number of rotatable bonds is 6. The van der Waals surface area contributed by atoms with Crippen molar-refractivity contribution in [3.63, 3.8) is 0 Å². The first-order valence-electron chi connectivity index (χ1n) is 7.60. The number of ether oxygens (including phenoxy) is 2. The predicted molar refractivity (Wildman–Crippen MR) is 98.6 cm³/mol. The molecule has 0 aliphatic rings. The van der Waals surface area contributed by atoms with Gasteiger partial charge in [-0.25, -0.2) is 0 Å². The largest absolute Gasteiger partial charge is 0.494 e. The number of hydrogen-bond donors (Lipinski definition) is 2. The molecule has 0 atom stereocenters. The van der Waals surface area contributed by atoms with Gasteiger partial charge in [0.25, 0.3) is 5.91 Å². The minimum absolute atomic E-state index is 0.103. The summed E-state index contributed by atoms with van der Waals surface area (Å²) < 4.78 is 10.8. The van der Waals surface area contributed by atoms with Crippen LogP contribution in [0.25, 0.3) is 0 Å². The highest BCUT2D eigenvalue weighted by Gasteiger charge is 2.06. The molecule has 5 nitrogen and oxygen atoms in total. The van der Waals surface area contributed by atoms with Crippen molar-refractivity contribution in [3.05, 3.63) is 54.1 Å². The fourth-order valence-corrected chi connectivity index (χ4v) is 2.14. The first-order valence-corrected chi connectivity index (χ1v) is 8.01. The molecule has 2 aromatic rings. The molecule has 0 saturated carbocycles. The quantitative estimate of drug-likeness (QED) is 0.788. The van der Waals surface area contributed by atoms with Crippen LogP contribution in [0.3, 0.4) is 0 Å². The molecule has 0 bridgehead atoms. The third-order valence-corrected chi connectivity index (χ3v) is 3.27. The van der Waals surface area contributed by atoms with Gasteiger partial charge in [-0.3, -0.25) is 10.1 Å². The maximum Gasteiger partial charge on any atom is 0.264 e. The molecular weight excluding hydrogens is 324 g/mol. The van der Waals surface area contributed by atoms with Gasteiger partial charge in [-0.1, -0.05) is 17.7 Å². The van der Waals surface area contributed by atoms with E-state index in [1.807, 2.05) is 62.4 Å². The summed E-state index contributed by atoms with van der Waals surface area (Å²) in [5.41, 5.74) is 1.90. The Kier molecular flexibility index (Phi) is 6.57. The molecule has 0 aromatic heterocycles. The summed E-state index contributed by atoms with van der Waals surface area (Å²) in [5.74, 6) is 1.10. The van der Waals surface area contributed by atoms with Crippen LogP contribution in [-0.2, 0) is 4.79 Å². The lowest BCUT2D eigenvalue weighted by atomic mass is 10.2. The SMILES string of the molecule is CCOc1ccc(NC(=S)NC(=O)COc2ccc(C)cc2)cc1. The second kappa shape index (κ2) is 8.88. The van der Waals surface area contributed by atoms with Crippen molar-refractivity contribution in [2.75, 3.05) is 18.5 Å². The molecule has 2 rings (SSSR count). The van der Waals surface area contributed by atoms with E-state index in [2.05, 4.69) is 10.6 Å². The molecule has 0 aliphatic carbocycles. The van der Waals surface area contributed by atoms with Crippen molar-refractivity contribution in [2.45, 2.75) is 13.8 Å². The molecule has 0 heterocycles. The highest BCUT2D eigenvalue weighted by molar-refractivity contribution is 7.80. The normalized spacial score (nSPS) is 9.92. The molecule has 0 radical (unpaired) electrons. The maximum atomic E-state index is 11.8. The van der Waals surface area contributed by atoms with Crippen LogP contribution in [0.4, 0.5) is 5.69 Å². The summed E-state index contributed by atoms with van der Waals surface area (Å²) in [6.45, 7) is 4.42. The minimum atomic E-state index is -0.320. The van der Waals surface area contributed by atoms with Gasteiger partial charge in [-0.2, -0.15) is 0 Å². The van der Waals surface area contributed by atoms with Gasteiger partial charge in [0.1, 0.15) is 11.5 Å². The fourth-order valence-electron chi connectivity index (χ4n) is 1.91. The molecule has 0 fully saturated rings. The van der Waals surface area contributed by atoms with Crippen LogP contribution < -0.4 is 20.1 Å². The number of anilines is 1. The number of nitrogens with one attached hydrogen (secondary N) is 2. The fraction of sp³-hybridized carbons (Fsp3) is 0.222. The van der Waals surface area contributed by atoms with Gasteiger partial charge in [0.15, 0.2) is 11.7 Å². The second-order valence-corrected chi connectivity index (χ2v) is 5.47. The molecule has 0 spiro atoms. The Bertz CT molecular complexity index is 684. The Labute approximate surface area is 147 Å². The van der Waals surface area contributed by atoms with Crippen molar-refractivity contribution in [1.29, 1.82) is 0 Å². The number of aryl methyl sites for hydroxylation is 1. The summed E-state index contributed by atoms with van der Waals surface area (Å²) in [6.07, 6.45) is 0. The smallest absolute Gasteiger partial charge is 0.264 e. The Hall–Kier alpha value is -2.60. The lowest BCUT2D eigenvalue weighted by molar-refractivity contribution is -0.121. The van der Waals surface area contributed by atoms with Crippen molar-refractivity contribution < 1.29 is 14.3 Å². The summed E-state index contributed by atoms with van der Waals surface area (Å²) in [5, 5.41) is 5.73. The van der Waals surface area contributed by atoms with Gasteiger partial charge in [0, 0.05) is 5.69 Å². The first kappa shape index (κ1) is 17.7. The van der Waals surface area contributed by atoms with E-state index in [0.29, 0.717) is 12.4 Å². The Balaban J connectivity index is 1.76. The Morgan fingerprint density at radius 3 is 2.21 bits per heavy atom. The van der Waals surface area contributed by atoms with Gasteiger partial charge < -0.3 is 14.8 Å².